The van der Waals surface area contributed by atoms with E-state index in [0.717, 1.165) is 9.08 Å². The van der Waals surface area contributed by atoms with Crippen molar-refractivity contribution >= 4 is 11.4 Å². The van der Waals surface area contributed by atoms with Gasteiger partial charge in [-0.05, 0) is 18.2 Å². The van der Waals surface area contributed by atoms with Crippen LogP contribution in [0, 0.1) is 5.82 Å². The molecule has 134 valence electrons. The van der Waals surface area contributed by atoms with Crippen LogP contribution in [0.1, 0.15) is 10.4 Å². The van der Waals surface area contributed by atoms with E-state index in [2.05, 4.69) is 5.10 Å². The molecule has 2 heterocycles. The van der Waals surface area contributed by atoms with E-state index in [9.17, 15) is 18.8 Å². The molecular weight excluding hydrogens is 351 g/mol. The summed E-state index contributed by atoms with van der Waals surface area (Å²) in [6, 6.07) is 14.0. The van der Waals surface area contributed by atoms with Crippen LogP contribution in [0.2, 0.25) is 0 Å². The molecule has 0 spiro atoms. The third-order valence-corrected chi connectivity index (χ3v) is 4.12. The van der Waals surface area contributed by atoms with Crippen LogP contribution >= 0.6 is 0 Å². The van der Waals surface area contributed by atoms with E-state index in [1.807, 2.05) is 0 Å². The van der Waals surface area contributed by atoms with Gasteiger partial charge in [0.15, 0.2) is 5.78 Å². The summed E-state index contributed by atoms with van der Waals surface area (Å²) < 4.78 is 16.6. The van der Waals surface area contributed by atoms with Crippen molar-refractivity contribution in [3.8, 4) is 5.69 Å². The van der Waals surface area contributed by atoms with Crippen molar-refractivity contribution in [2.45, 2.75) is 6.54 Å². The maximum atomic E-state index is 13.4. The number of carbonyl (C=O) groups is 1. The normalized spacial score (nSPS) is 11.0. The van der Waals surface area contributed by atoms with Crippen molar-refractivity contribution in [2.24, 2.45) is 0 Å². The van der Waals surface area contributed by atoms with E-state index < -0.39 is 17.1 Å². The molecule has 2 aromatic carbocycles. The maximum absolute atomic E-state index is 13.4. The predicted octanol–water partition coefficient (Wildman–Crippen LogP) is 1.67. The second-order valence-electron chi connectivity index (χ2n) is 5.88. The zero-order chi connectivity index (χ0) is 19.0. The molecule has 4 rings (SSSR count). The summed E-state index contributed by atoms with van der Waals surface area (Å²) in [5.41, 5.74) is -0.583. The fourth-order valence-corrected chi connectivity index (χ4v) is 2.79. The molecule has 7 nitrogen and oxygen atoms in total. The Morgan fingerprint density at radius 1 is 1.00 bits per heavy atom. The number of hydrogen-bond donors (Lipinski definition) is 0. The second-order valence-corrected chi connectivity index (χ2v) is 5.88. The third-order valence-electron chi connectivity index (χ3n) is 4.12. The third kappa shape index (κ3) is 2.97. The van der Waals surface area contributed by atoms with Gasteiger partial charge in [-0.1, -0.05) is 36.4 Å². The standard InChI is InChI=1S/C19H13FN4O3/c20-14-7-4-8-15(11-14)22-9-10-23-17(18(22)26)21-24(19(23)27)12-16(25)13-5-2-1-3-6-13/h1-11H,12H2. The maximum Gasteiger partial charge on any atom is 0.350 e. The second kappa shape index (κ2) is 6.49. The molecule has 0 amide bonds. The summed E-state index contributed by atoms with van der Waals surface area (Å²) in [5, 5.41) is 4.01. The number of carbonyl (C=O) groups excluding carboxylic acids is 1. The summed E-state index contributed by atoms with van der Waals surface area (Å²) in [6.07, 6.45) is 2.72. The summed E-state index contributed by atoms with van der Waals surface area (Å²) >= 11 is 0. The number of fused-ring (bicyclic) bond motifs is 1. The first kappa shape index (κ1) is 16.6. The lowest BCUT2D eigenvalue weighted by Crippen LogP contribution is -2.26. The van der Waals surface area contributed by atoms with Crippen LogP contribution in [0.5, 0.6) is 0 Å². The van der Waals surface area contributed by atoms with Crippen LogP contribution in [-0.2, 0) is 6.54 Å². The van der Waals surface area contributed by atoms with Crippen LogP contribution in [0.3, 0.4) is 0 Å². The number of Topliss-reactive ketones (excluding diaryl/α,β-unsaturated/α-hetero) is 1. The molecule has 0 N–H and O–H groups in total. The molecule has 0 atom stereocenters. The summed E-state index contributed by atoms with van der Waals surface area (Å²) in [5.74, 6) is -0.790. The quantitative estimate of drug-likeness (QED) is 0.516. The lowest BCUT2D eigenvalue weighted by atomic mass is 10.1. The zero-order valence-electron chi connectivity index (χ0n) is 13.9. The number of benzene rings is 2. The molecule has 0 aliphatic heterocycles. The summed E-state index contributed by atoms with van der Waals surface area (Å²) in [6.45, 7) is -0.288. The molecule has 2 aromatic heterocycles. The summed E-state index contributed by atoms with van der Waals surface area (Å²) in [4.78, 5) is 37.5. The van der Waals surface area contributed by atoms with Gasteiger partial charge in [-0.25, -0.2) is 18.3 Å². The van der Waals surface area contributed by atoms with Crippen LogP contribution < -0.4 is 11.2 Å². The van der Waals surface area contributed by atoms with Crippen molar-refractivity contribution in [3.05, 3.63) is 99.2 Å². The van der Waals surface area contributed by atoms with Gasteiger partial charge in [-0.2, -0.15) is 0 Å². The Morgan fingerprint density at radius 3 is 2.52 bits per heavy atom. The average Bonchev–Trinajstić information content (AvgIpc) is 2.99. The predicted molar refractivity (Wildman–Crippen MR) is 95.8 cm³/mol. The fourth-order valence-electron chi connectivity index (χ4n) is 2.79. The minimum atomic E-state index is -0.599. The first-order valence-corrected chi connectivity index (χ1v) is 8.09. The van der Waals surface area contributed by atoms with Gasteiger partial charge in [0.05, 0.1) is 5.69 Å². The van der Waals surface area contributed by atoms with Crippen molar-refractivity contribution in [1.29, 1.82) is 0 Å². The molecule has 0 aliphatic rings. The van der Waals surface area contributed by atoms with Crippen LogP contribution in [0.4, 0.5) is 4.39 Å². The lowest BCUT2D eigenvalue weighted by molar-refractivity contribution is 0.0966. The van der Waals surface area contributed by atoms with Gasteiger partial charge in [0, 0.05) is 18.0 Å². The highest BCUT2D eigenvalue weighted by Crippen LogP contribution is 2.08. The highest BCUT2D eigenvalue weighted by molar-refractivity contribution is 5.95. The van der Waals surface area contributed by atoms with E-state index >= 15 is 0 Å². The van der Waals surface area contributed by atoms with Gasteiger partial charge < -0.3 is 0 Å². The van der Waals surface area contributed by atoms with Gasteiger partial charge in [0.2, 0.25) is 5.65 Å². The van der Waals surface area contributed by atoms with E-state index in [4.69, 9.17) is 0 Å². The molecule has 27 heavy (non-hydrogen) atoms. The molecule has 0 saturated carbocycles. The number of hydrogen-bond acceptors (Lipinski definition) is 4. The van der Waals surface area contributed by atoms with Gasteiger partial charge in [0.25, 0.3) is 0 Å². The fraction of sp³-hybridized carbons (Fsp3) is 0.0526. The Morgan fingerprint density at radius 2 is 1.78 bits per heavy atom. The SMILES string of the molecule is O=C(Cn1nc2c(=O)n(-c3cccc(F)c3)ccn2c1=O)c1ccccc1. The highest BCUT2D eigenvalue weighted by Gasteiger charge is 2.15. The Balaban J connectivity index is 1.78. The van der Waals surface area contributed by atoms with Crippen LogP contribution in [-0.4, -0.2) is 24.5 Å². The molecule has 0 radical (unpaired) electrons. The number of rotatable bonds is 4. The number of aromatic nitrogens is 4. The van der Waals surface area contributed by atoms with Crippen molar-refractivity contribution in [1.82, 2.24) is 18.7 Å². The molecule has 0 saturated heterocycles. The molecule has 0 bridgehead atoms. The summed E-state index contributed by atoms with van der Waals surface area (Å²) in [7, 11) is 0. The zero-order valence-corrected chi connectivity index (χ0v) is 13.9. The van der Waals surface area contributed by atoms with Crippen molar-refractivity contribution < 1.29 is 9.18 Å². The Labute approximate surface area is 151 Å². The van der Waals surface area contributed by atoms with Crippen molar-refractivity contribution in [2.75, 3.05) is 0 Å². The minimum absolute atomic E-state index is 0.146. The highest BCUT2D eigenvalue weighted by atomic mass is 19.1. The Bertz CT molecular complexity index is 1270. The topological polar surface area (TPSA) is 78.4 Å². The van der Waals surface area contributed by atoms with Crippen molar-refractivity contribution in [3.63, 3.8) is 0 Å². The molecule has 0 aliphatic carbocycles. The number of halogens is 1. The van der Waals surface area contributed by atoms with Crippen LogP contribution in [0.15, 0.2) is 76.6 Å². The average molecular weight is 364 g/mol. The van der Waals surface area contributed by atoms with Gasteiger partial charge >= 0.3 is 11.2 Å². The smallest absolute Gasteiger partial charge is 0.292 e. The Kier molecular flexibility index (Phi) is 4.00. The molecular formula is C19H13FN4O3. The van der Waals surface area contributed by atoms with Gasteiger partial charge in [-0.3, -0.25) is 14.2 Å². The van der Waals surface area contributed by atoms with Crippen LogP contribution in [0.25, 0.3) is 11.3 Å². The number of nitrogens with zero attached hydrogens (tertiary/aromatic N) is 4. The monoisotopic (exact) mass is 364 g/mol. The van der Waals surface area contributed by atoms with E-state index in [0.29, 0.717) is 11.3 Å². The first-order chi connectivity index (χ1) is 13.0. The van der Waals surface area contributed by atoms with E-state index in [-0.39, 0.29) is 18.0 Å². The molecule has 8 heteroatoms. The Hall–Kier alpha value is -3.81. The lowest BCUT2D eigenvalue weighted by Gasteiger charge is -2.04. The number of ketones is 1. The van der Waals surface area contributed by atoms with Gasteiger partial charge in [0.1, 0.15) is 12.4 Å². The largest absolute Gasteiger partial charge is 0.350 e. The van der Waals surface area contributed by atoms with E-state index in [1.165, 1.54) is 35.2 Å². The van der Waals surface area contributed by atoms with E-state index in [1.54, 1.807) is 36.4 Å². The minimum Gasteiger partial charge on any atom is -0.292 e. The van der Waals surface area contributed by atoms with Gasteiger partial charge in [-0.15, -0.1) is 5.10 Å². The molecule has 0 fully saturated rings. The molecule has 0 unspecified atom stereocenters. The first-order valence-electron chi connectivity index (χ1n) is 8.09. The molecule has 4 aromatic rings.